The van der Waals surface area contributed by atoms with E-state index in [2.05, 4.69) is 5.10 Å². The summed E-state index contributed by atoms with van der Waals surface area (Å²) in [6.07, 6.45) is -3.00. The summed E-state index contributed by atoms with van der Waals surface area (Å²) in [5.41, 5.74) is 3.18. The van der Waals surface area contributed by atoms with Crippen LogP contribution in [0.2, 0.25) is 0 Å². The van der Waals surface area contributed by atoms with Gasteiger partial charge in [0.05, 0.1) is 16.8 Å². The molecule has 1 aromatic carbocycles. The zero-order valence-electron chi connectivity index (χ0n) is 11.6. The molecule has 0 amide bonds. The van der Waals surface area contributed by atoms with E-state index in [4.69, 9.17) is 0 Å². The van der Waals surface area contributed by atoms with Crippen LogP contribution in [0.3, 0.4) is 0 Å². The number of alkyl halides is 3. The monoisotopic (exact) mass is 290 g/mol. The first-order valence-corrected chi connectivity index (χ1v) is 6.50. The topological polar surface area (TPSA) is 17.3 Å². The molecule has 2 aromatic heterocycles. The molecule has 0 spiro atoms. The summed E-state index contributed by atoms with van der Waals surface area (Å²) >= 11 is 0. The van der Waals surface area contributed by atoms with Gasteiger partial charge in [-0.25, -0.2) is 4.52 Å². The van der Waals surface area contributed by atoms with Crippen LogP contribution in [0.1, 0.15) is 16.8 Å². The van der Waals surface area contributed by atoms with E-state index in [1.54, 1.807) is 0 Å². The van der Waals surface area contributed by atoms with E-state index in [1.165, 1.54) is 10.7 Å². The number of benzene rings is 1. The second-order valence-electron chi connectivity index (χ2n) is 5.02. The molecule has 3 aromatic rings. The summed E-state index contributed by atoms with van der Waals surface area (Å²) in [5.74, 6) is 0. The second kappa shape index (κ2) is 4.62. The molecule has 0 saturated heterocycles. The lowest BCUT2D eigenvalue weighted by molar-refractivity contribution is -0.137. The van der Waals surface area contributed by atoms with Gasteiger partial charge in [-0.3, -0.25) is 0 Å². The van der Waals surface area contributed by atoms with E-state index in [-0.39, 0.29) is 0 Å². The van der Waals surface area contributed by atoms with Gasteiger partial charge in [-0.15, -0.1) is 0 Å². The number of aromatic nitrogens is 2. The van der Waals surface area contributed by atoms with E-state index in [0.29, 0.717) is 11.2 Å². The minimum absolute atomic E-state index is 0.469. The number of hydrogen-bond acceptors (Lipinski definition) is 1. The molecular weight excluding hydrogens is 277 g/mol. The molecule has 21 heavy (non-hydrogen) atoms. The molecule has 108 valence electrons. The molecule has 0 bridgehead atoms. The number of rotatable bonds is 1. The quantitative estimate of drug-likeness (QED) is 0.638. The highest BCUT2D eigenvalue weighted by Gasteiger charge is 2.31. The van der Waals surface area contributed by atoms with Gasteiger partial charge in [-0.05, 0) is 37.1 Å². The molecule has 5 heteroatoms. The van der Waals surface area contributed by atoms with Crippen LogP contribution in [0.25, 0.3) is 16.6 Å². The molecule has 2 heterocycles. The third-order valence-electron chi connectivity index (χ3n) is 3.55. The highest BCUT2D eigenvalue weighted by atomic mass is 19.4. The van der Waals surface area contributed by atoms with E-state index in [0.717, 1.165) is 28.8 Å². The van der Waals surface area contributed by atoms with Crippen molar-refractivity contribution in [3.05, 3.63) is 59.4 Å². The molecule has 0 aliphatic rings. The predicted molar refractivity (Wildman–Crippen MR) is 75.1 cm³/mol. The lowest BCUT2D eigenvalue weighted by atomic mass is 9.99. The van der Waals surface area contributed by atoms with Gasteiger partial charge in [0.2, 0.25) is 0 Å². The van der Waals surface area contributed by atoms with Gasteiger partial charge in [-0.1, -0.05) is 24.3 Å². The normalized spacial score (nSPS) is 12.0. The lowest BCUT2D eigenvalue weighted by Crippen LogP contribution is -2.05. The summed E-state index contributed by atoms with van der Waals surface area (Å²) in [5, 5.41) is 4.30. The fourth-order valence-electron chi connectivity index (χ4n) is 2.53. The van der Waals surface area contributed by atoms with E-state index < -0.39 is 11.7 Å². The van der Waals surface area contributed by atoms with E-state index >= 15 is 0 Å². The van der Waals surface area contributed by atoms with Crippen LogP contribution in [0.5, 0.6) is 0 Å². The highest BCUT2D eigenvalue weighted by Crippen LogP contribution is 2.34. The van der Waals surface area contributed by atoms with Crippen molar-refractivity contribution in [2.45, 2.75) is 20.0 Å². The van der Waals surface area contributed by atoms with Gasteiger partial charge in [-0.2, -0.15) is 18.3 Å². The molecule has 2 nitrogen and oxygen atoms in total. The lowest BCUT2D eigenvalue weighted by Gasteiger charge is -2.08. The average Bonchev–Trinajstić information content (AvgIpc) is 2.73. The van der Waals surface area contributed by atoms with Crippen molar-refractivity contribution in [2.24, 2.45) is 0 Å². The van der Waals surface area contributed by atoms with Gasteiger partial charge < -0.3 is 0 Å². The average molecular weight is 290 g/mol. The third-order valence-corrected chi connectivity index (χ3v) is 3.55. The molecule has 0 aliphatic heterocycles. The van der Waals surface area contributed by atoms with Crippen LogP contribution in [0, 0.1) is 13.8 Å². The molecule has 0 saturated carbocycles. The van der Waals surface area contributed by atoms with Gasteiger partial charge in [0.1, 0.15) is 0 Å². The number of aryl methyl sites for hydroxylation is 2. The van der Waals surface area contributed by atoms with Crippen LogP contribution in [0.4, 0.5) is 13.2 Å². The third kappa shape index (κ3) is 2.28. The number of halogens is 3. The molecule has 0 radical (unpaired) electrons. The number of nitrogens with zero attached hydrogens (tertiary/aromatic N) is 2. The van der Waals surface area contributed by atoms with Crippen molar-refractivity contribution < 1.29 is 13.2 Å². The van der Waals surface area contributed by atoms with E-state index in [9.17, 15) is 13.2 Å². The summed E-state index contributed by atoms with van der Waals surface area (Å²) < 4.78 is 40.2. The Labute approximate surface area is 119 Å². The Bertz CT molecular complexity index is 816. The van der Waals surface area contributed by atoms with Crippen molar-refractivity contribution in [1.82, 2.24) is 9.61 Å². The zero-order chi connectivity index (χ0) is 15.2. The Morgan fingerprint density at radius 2 is 1.76 bits per heavy atom. The fraction of sp³-hybridized carbons (Fsp3) is 0.188. The number of hydrogen-bond donors (Lipinski definition) is 0. The van der Waals surface area contributed by atoms with Crippen molar-refractivity contribution in [2.75, 3.05) is 0 Å². The van der Waals surface area contributed by atoms with E-state index in [1.807, 2.05) is 38.1 Å². The van der Waals surface area contributed by atoms with Gasteiger partial charge >= 0.3 is 6.18 Å². The summed E-state index contributed by atoms with van der Waals surface area (Å²) in [4.78, 5) is 0. The molecule has 0 fully saturated rings. The molecule has 0 unspecified atom stereocenters. The summed E-state index contributed by atoms with van der Waals surface area (Å²) in [6, 6.07) is 9.81. The van der Waals surface area contributed by atoms with Crippen LogP contribution in [0.15, 0.2) is 42.6 Å². The largest absolute Gasteiger partial charge is 0.416 e. The fourth-order valence-corrected chi connectivity index (χ4v) is 2.53. The molecule has 0 aliphatic carbocycles. The smallest absolute Gasteiger partial charge is 0.240 e. The first kappa shape index (κ1) is 13.7. The van der Waals surface area contributed by atoms with Crippen molar-refractivity contribution in [3.63, 3.8) is 0 Å². The maximum Gasteiger partial charge on any atom is 0.416 e. The Balaban J connectivity index is 2.32. The second-order valence-corrected chi connectivity index (χ2v) is 5.02. The number of fused-ring (bicyclic) bond motifs is 1. The Morgan fingerprint density at radius 1 is 1.05 bits per heavy atom. The maximum atomic E-state index is 12.9. The standard InChI is InChI=1S/C16H13F3N2/c1-10-5-3-4-6-13(10)15-11(2)20-21-8-7-12(9-14(15)21)16(17,18)19/h3-9H,1-2H3. The minimum atomic E-state index is -4.36. The summed E-state index contributed by atoms with van der Waals surface area (Å²) in [7, 11) is 0. The molecule has 0 N–H and O–H groups in total. The molecule has 3 rings (SSSR count). The maximum absolute atomic E-state index is 12.9. The number of pyridine rings is 1. The van der Waals surface area contributed by atoms with Crippen LogP contribution < -0.4 is 0 Å². The Hall–Kier alpha value is -2.30. The first-order chi connectivity index (χ1) is 9.88. The molecule has 0 atom stereocenters. The van der Waals surface area contributed by atoms with Gasteiger partial charge in [0.15, 0.2) is 0 Å². The Kier molecular flexibility index (Phi) is 3.01. The van der Waals surface area contributed by atoms with Gasteiger partial charge in [0, 0.05) is 11.8 Å². The SMILES string of the molecule is Cc1ccccc1-c1c(C)nn2ccc(C(F)(F)F)cc12. The van der Waals surface area contributed by atoms with Crippen LogP contribution in [-0.4, -0.2) is 9.61 Å². The first-order valence-electron chi connectivity index (χ1n) is 6.50. The van der Waals surface area contributed by atoms with Gasteiger partial charge in [0.25, 0.3) is 0 Å². The van der Waals surface area contributed by atoms with Crippen molar-refractivity contribution in [3.8, 4) is 11.1 Å². The Morgan fingerprint density at radius 3 is 2.43 bits per heavy atom. The predicted octanol–water partition coefficient (Wildman–Crippen LogP) is 4.64. The minimum Gasteiger partial charge on any atom is -0.240 e. The van der Waals surface area contributed by atoms with Crippen LogP contribution >= 0.6 is 0 Å². The zero-order valence-corrected chi connectivity index (χ0v) is 11.6. The van der Waals surface area contributed by atoms with Crippen molar-refractivity contribution >= 4 is 5.52 Å². The van der Waals surface area contributed by atoms with Crippen LogP contribution in [-0.2, 0) is 6.18 Å². The van der Waals surface area contributed by atoms with Crippen molar-refractivity contribution in [1.29, 1.82) is 0 Å². The summed E-state index contributed by atoms with van der Waals surface area (Å²) in [6.45, 7) is 3.74. The molecular formula is C16H13F3N2. The highest BCUT2D eigenvalue weighted by molar-refractivity contribution is 5.84.